The van der Waals surface area contributed by atoms with Gasteiger partial charge in [-0.2, -0.15) is 0 Å². The number of carbonyl (C=O) groups is 2. The number of unbranched alkanes of at least 4 members (excludes halogenated alkanes) is 1. The normalized spacial score (nSPS) is 17.2. The molecule has 0 saturated heterocycles. The third kappa shape index (κ3) is 6.51. The standard InChI is InChI=1S/C32H34ClN3O2S/c1-2-3-11-29(37)35-25-12-14-26(15-13-25)36(32(38)31-30(33)27-9-4-5-10-28(27)39-31)21-22-7-6-8-24(20-22)23-16-18-34-19-17-23/h4-10,16-20,25-26H,2-3,11-15,21H2,1H3,(H,35,37). The Balaban J connectivity index is 1.39. The van der Waals surface area contributed by atoms with Crippen LogP contribution < -0.4 is 5.32 Å². The van der Waals surface area contributed by atoms with Gasteiger partial charge in [0.1, 0.15) is 4.88 Å². The fraction of sp³-hybridized carbons (Fsp3) is 0.344. The van der Waals surface area contributed by atoms with Crippen LogP contribution in [0.5, 0.6) is 0 Å². The predicted molar refractivity (Wildman–Crippen MR) is 160 cm³/mol. The van der Waals surface area contributed by atoms with Gasteiger partial charge in [-0.1, -0.05) is 61.3 Å². The Hall–Kier alpha value is -3.22. The minimum atomic E-state index is -0.0223. The van der Waals surface area contributed by atoms with Gasteiger partial charge in [0.25, 0.3) is 5.91 Å². The summed E-state index contributed by atoms with van der Waals surface area (Å²) in [5.74, 6) is 0.115. The summed E-state index contributed by atoms with van der Waals surface area (Å²) >= 11 is 8.24. The summed E-state index contributed by atoms with van der Waals surface area (Å²) in [6.45, 7) is 2.60. The maximum atomic E-state index is 14.1. The van der Waals surface area contributed by atoms with E-state index in [9.17, 15) is 9.59 Å². The molecule has 202 valence electrons. The molecule has 2 heterocycles. The predicted octanol–water partition coefficient (Wildman–Crippen LogP) is 7.88. The molecule has 1 aliphatic carbocycles. The number of carbonyl (C=O) groups excluding carboxylic acids is 2. The van der Waals surface area contributed by atoms with Gasteiger partial charge in [0.2, 0.25) is 5.91 Å². The summed E-state index contributed by atoms with van der Waals surface area (Å²) < 4.78 is 1.02. The fourth-order valence-electron chi connectivity index (χ4n) is 5.41. The number of thiophene rings is 1. The van der Waals surface area contributed by atoms with Crippen molar-refractivity contribution in [1.29, 1.82) is 0 Å². The molecule has 0 atom stereocenters. The van der Waals surface area contributed by atoms with Crippen LogP contribution in [0.2, 0.25) is 5.02 Å². The highest BCUT2D eigenvalue weighted by Crippen LogP contribution is 2.37. The maximum absolute atomic E-state index is 14.1. The van der Waals surface area contributed by atoms with Gasteiger partial charge >= 0.3 is 0 Å². The van der Waals surface area contributed by atoms with E-state index in [1.165, 1.54) is 11.3 Å². The third-order valence-corrected chi connectivity index (χ3v) is 9.21. The summed E-state index contributed by atoms with van der Waals surface area (Å²) in [5.41, 5.74) is 3.27. The number of rotatable bonds is 9. The minimum absolute atomic E-state index is 0.0223. The molecule has 39 heavy (non-hydrogen) atoms. The molecule has 0 bridgehead atoms. The van der Waals surface area contributed by atoms with E-state index in [1.54, 1.807) is 12.4 Å². The van der Waals surface area contributed by atoms with Crippen LogP contribution in [-0.4, -0.2) is 33.8 Å². The highest BCUT2D eigenvalue weighted by atomic mass is 35.5. The molecule has 0 aliphatic heterocycles. The van der Waals surface area contributed by atoms with Crippen LogP contribution in [-0.2, 0) is 11.3 Å². The lowest BCUT2D eigenvalue weighted by Gasteiger charge is -2.37. The Morgan fingerprint density at radius 1 is 1.00 bits per heavy atom. The van der Waals surface area contributed by atoms with Gasteiger partial charge in [0.05, 0.1) is 5.02 Å². The van der Waals surface area contributed by atoms with Gasteiger partial charge in [-0.05, 0) is 73.1 Å². The number of hydrogen-bond donors (Lipinski definition) is 1. The summed E-state index contributed by atoms with van der Waals surface area (Å²) in [6, 6.07) is 20.5. The van der Waals surface area contributed by atoms with Crippen molar-refractivity contribution in [3.63, 3.8) is 0 Å². The molecule has 2 amide bonds. The quantitative estimate of drug-likeness (QED) is 0.227. The van der Waals surface area contributed by atoms with Crippen molar-refractivity contribution < 1.29 is 9.59 Å². The van der Waals surface area contributed by atoms with Crippen molar-refractivity contribution in [2.75, 3.05) is 0 Å². The van der Waals surface area contributed by atoms with Crippen molar-refractivity contribution in [2.45, 2.75) is 70.5 Å². The molecule has 0 spiro atoms. The van der Waals surface area contributed by atoms with E-state index in [2.05, 4.69) is 35.4 Å². The Labute approximate surface area is 239 Å². The van der Waals surface area contributed by atoms with E-state index >= 15 is 0 Å². The van der Waals surface area contributed by atoms with E-state index < -0.39 is 0 Å². The van der Waals surface area contributed by atoms with Crippen LogP contribution in [0.3, 0.4) is 0 Å². The van der Waals surface area contributed by atoms with Crippen molar-refractivity contribution in [3.8, 4) is 11.1 Å². The van der Waals surface area contributed by atoms with Crippen LogP contribution in [0.1, 0.15) is 67.1 Å². The second kappa shape index (κ2) is 12.8. The van der Waals surface area contributed by atoms with E-state index in [0.717, 1.165) is 65.3 Å². The number of aromatic nitrogens is 1. The van der Waals surface area contributed by atoms with Crippen LogP contribution in [0.25, 0.3) is 21.2 Å². The smallest absolute Gasteiger partial charge is 0.266 e. The first kappa shape index (κ1) is 27.4. The van der Waals surface area contributed by atoms with Gasteiger partial charge in [-0.3, -0.25) is 14.6 Å². The molecule has 0 unspecified atom stereocenters. The number of benzene rings is 2. The number of hydrogen-bond acceptors (Lipinski definition) is 4. The number of pyridine rings is 1. The largest absolute Gasteiger partial charge is 0.353 e. The Morgan fingerprint density at radius 2 is 1.77 bits per heavy atom. The molecule has 0 radical (unpaired) electrons. The molecular formula is C32H34ClN3O2S. The van der Waals surface area contributed by atoms with E-state index in [0.29, 0.717) is 22.9 Å². The van der Waals surface area contributed by atoms with Crippen LogP contribution in [0.15, 0.2) is 73.1 Å². The van der Waals surface area contributed by atoms with Crippen LogP contribution in [0.4, 0.5) is 0 Å². The molecule has 1 aliphatic rings. The third-order valence-electron chi connectivity index (χ3n) is 7.54. The number of halogens is 1. The molecule has 5 rings (SSSR count). The zero-order valence-electron chi connectivity index (χ0n) is 22.2. The molecule has 2 aromatic heterocycles. The molecule has 2 aromatic carbocycles. The highest BCUT2D eigenvalue weighted by molar-refractivity contribution is 7.21. The second-order valence-electron chi connectivity index (χ2n) is 10.3. The lowest BCUT2D eigenvalue weighted by molar-refractivity contribution is -0.122. The lowest BCUT2D eigenvalue weighted by atomic mass is 9.89. The zero-order valence-corrected chi connectivity index (χ0v) is 23.8. The average Bonchev–Trinajstić information content (AvgIpc) is 3.32. The van der Waals surface area contributed by atoms with E-state index in [1.807, 2.05) is 47.4 Å². The summed E-state index contributed by atoms with van der Waals surface area (Å²) in [4.78, 5) is 33.2. The van der Waals surface area contributed by atoms with Crippen LogP contribution >= 0.6 is 22.9 Å². The number of fused-ring (bicyclic) bond motifs is 1. The Kier molecular flexibility index (Phi) is 8.95. The Morgan fingerprint density at radius 3 is 2.51 bits per heavy atom. The van der Waals surface area contributed by atoms with E-state index in [-0.39, 0.29) is 23.9 Å². The van der Waals surface area contributed by atoms with Gasteiger partial charge in [0, 0.05) is 47.5 Å². The van der Waals surface area contributed by atoms with Gasteiger partial charge in [-0.25, -0.2) is 0 Å². The molecule has 5 nitrogen and oxygen atoms in total. The monoisotopic (exact) mass is 559 g/mol. The zero-order chi connectivity index (χ0) is 27.2. The van der Waals surface area contributed by atoms with Gasteiger partial charge in [-0.15, -0.1) is 11.3 Å². The number of nitrogens with zero attached hydrogens (tertiary/aromatic N) is 2. The summed E-state index contributed by atoms with van der Waals surface area (Å²) in [5, 5.41) is 4.67. The molecule has 1 N–H and O–H groups in total. The summed E-state index contributed by atoms with van der Waals surface area (Å²) in [7, 11) is 0. The molecule has 4 aromatic rings. The maximum Gasteiger partial charge on any atom is 0.266 e. The summed E-state index contributed by atoms with van der Waals surface area (Å²) in [6.07, 6.45) is 9.51. The van der Waals surface area contributed by atoms with Crippen LogP contribution in [0, 0.1) is 0 Å². The van der Waals surface area contributed by atoms with Gasteiger partial charge < -0.3 is 10.2 Å². The Bertz CT molecular complexity index is 1430. The fourth-order valence-corrected chi connectivity index (χ4v) is 6.88. The van der Waals surface area contributed by atoms with E-state index in [4.69, 9.17) is 11.6 Å². The SMILES string of the molecule is CCCCC(=O)NC1CCC(N(Cc2cccc(-c3ccncc3)c2)C(=O)c2sc3ccccc3c2Cl)CC1. The van der Waals surface area contributed by atoms with Crippen molar-refractivity contribution >= 4 is 44.8 Å². The van der Waals surface area contributed by atoms with Gasteiger partial charge in [0.15, 0.2) is 0 Å². The first-order valence-corrected chi connectivity index (χ1v) is 15.0. The first-order chi connectivity index (χ1) is 19.0. The number of amides is 2. The molecule has 7 heteroatoms. The topological polar surface area (TPSA) is 62.3 Å². The molecular weight excluding hydrogens is 526 g/mol. The van der Waals surface area contributed by atoms with Crippen molar-refractivity contribution in [2.24, 2.45) is 0 Å². The second-order valence-corrected chi connectivity index (χ2v) is 11.7. The minimum Gasteiger partial charge on any atom is -0.353 e. The lowest BCUT2D eigenvalue weighted by Crippen LogP contribution is -2.45. The first-order valence-electron chi connectivity index (χ1n) is 13.8. The van der Waals surface area contributed by atoms with Crippen molar-refractivity contribution in [3.05, 3.63) is 88.5 Å². The number of nitrogens with one attached hydrogen (secondary N) is 1. The average molecular weight is 560 g/mol. The molecule has 1 saturated carbocycles. The highest BCUT2D eigenvalue weighted by Gasteiger charge is 2.32. The molecule has 1 fully saturated rings. The van der Waals surface area contributed by atoms with Crippen molar-refractivity contribution in [1.82, 2.24) is 15.2 Å².